The first kappa shape index (κ1) is 22.5. The van der Waals surface area contributed by atoms with Crippen LogP contribution < -0.4 is 5.32 Å². The van der Waals surface area contributed by atoms with Crippen LogP contribution in [0, 0.1) is 11.8 Å². The Morgan fingerprint density at radius 3 is 2.61 bits per heavy atom. The molecule has 0 radical (unpaired) electrons. The number of carbonyl (C=O) groups is 1. The van der Waals surface area contributed by atoms with Gasteiger partial charge in [-0.05, 0) is 77.7 Å². The number of alkyl halides is 2. The summed E-state index contributed by atoms with van der Waals surface area (Å²) in [6, 6.07) is 1.66. The number of alkyl carbamates (subject to hydrolysis) is 1. The van der Waals surface area contributed by atoms with E-state index in [1.54, 1.807) is 0 Å². The number of likely N-dealkylation sites (tertiary alicyclic amines) is 1. The Balaban J connectivity index is 1.19. The number of nitrogens with one attached hydrogen (secondary N) is 1. The van der Waals surface area contributed by atoms with Gasteiger partial charge in [-0.1, -0.05) is 5.16 Å². The molecule has 0 unspecified atom stereocenters. The van der Waals surface area contributed by atoms with Crippen molar-refractivity contribution in [1.82, 2.24) is 15.4 Å². The summed E-state index contributed by atoms with van der Waals surface area (Å²) < 4.78 is 37.3. The number of nitrogens with zero attached hydrogens (tertiary/aromatic N) is 2. The fourth-order valence-corrected chi connectivity index (χ4v) is 5.31. The quantitative estimate of drug-likeness (QED) is 0.687. The number of hydrogen-bond acceptors (Lipinski definition) is 5. The molecule has 1 amide bonds. The maximum Gasteiger partial charge on any atom is 0.407 e. The molecule has 2 atom stereocenters. The SMILES string of the molecule is CC(C)(C)OC(=O)NC1CCC(CCN2C[C@@H]3C[C@]3(c3cc(C(C)(F)F)on3)C2)CC1. The summed E-state index contributed by atoms with van der Waals surface area (Å²) in [5, 5.41) is 6.99. The van der Waals surface area contributed by atoms with Crippen LogP contribution in [0.25, 0.3) is 0 Å². The number of rotatable bonds is 6. The van der Waals surface area contributed by atoms with Crippen LogP contribution in [-0.4, -0.2) is 47.4 Å². The molecule has 1 aromatic heterocycles. The van der Waals surface area contributed by atoms with E-state index < -0.39 is 11.5 Å². The Hall–Kier alpha value is -1.70. The van der Waals surface area contributed by atoms with Gasteiger partial charge in [0.05, 0.1) is 5.69 Å². The van der Waals surface area contributed by atoms with Crippen molar-refractivity contribution in [3.63, 3.8) is 0 Å². The third-order valence-electron chi connectivity index (χ3n) is 7.09. The molecule has 4 rings (SSSR count). The number of halogens is 2. The van der Waals surface area contributed by atoms with Crippen LogP contribution in [0.4, 0.5) is 13.6 Å². The van der Waals surface area contributed by atoms with Crippen LogP contribution in [0.2, 0.25) is 0 Å². The van der Waals surface area contributed by atoms with Gasteiger partial charge in [0.15, 0.2) is 0 Å². The highest BCUT2D eigenvalue weighted by Gasteiger charge is 2.62. The molecule has 3 fully saturated rings. The van der Waals surface area contributed by atoms with Crippen molar-refractivity contribution in [2.24, 2.45) is 11.8 Å². The van der Waals surface area contributed by atoms with E-state index in [4.69, 9.17) is 9.26 Å². The molecule has 3 aliphatic rings. The van der Waals surface area contributed by atoms with Crippen molar-refractivity contribution in [3.8, 4) is 0 Å². The lowest BCUT2D eigenvalue weighted by Crippen LogP contribution is -2.41. The highest BCUT2D eigenvalue weighted by Crippen LogP contribution is 2.59. The Labute approximate surface area is 183 Å². The first-order valence-corrected chi connectivity index (χ1v) is 11.5. The second kappa shape index (κ2) is 8.01. The van der Waals surface area contributed by atoms with Gasteiger partial charge >= 0.3 is 12.0 Å². The Bertz CT molecular complexity index is 793. The smallest absolute Gasteiger partial charge is 0.407 e. The molecule has 0 aromatic carbocycles. The summed E-state index contributed by atoms with van der Waals surface area (Å²) in [5.41, 5.74) is 0.146. The van der Waals surface area contributed by atoms with Gasteiger partial charge in [0.2, 0.25) is 5.76 Å². The number of amides is 1. The molecule has 31 heavy (non-hydrogen) atoms. The highest BCUT2D eigenvalue weighted by atomic mass is 19.3. The molecule has 6 nitrogen and oxygen atoms in total. The first-order chi connectivity index (χ1) is 14.4. The van der Waals surface area contributed by atoms with Gasteiger partial charge in [-0.25, -0.2) is 4.79 Å². The van der Waals surface area contributed by atoms with Gasteiger partial charge in [0, 0.05) is 37.5 Å². The lowest BCUT2D eigenvalue weighted by Gasteiger charge is -2.31. The Morgan fingerprint density at radius 2 is 2.00 bits per heavy atom. The normalized spacial score (nSPS) is 31.4. The summed E-state index contributed by atoms with van der Waals surface area (Å²) in [6.45, 7) is 9.39. The van der Waals surface area contributed by atoms with E-state index in [0.29, 0.717) is 17.5 Å². The molecule has 2 saturated carbocycles. The van der Waals surface area contributed by atoms with Crippen molar-refractivity contribution >= 4 is 6.09 Å². The average Bonchev–Trinajstić information content (AvgIpc) is 3.03. The molecular formula is C23H35F2N3O3. The highest BCUT2D eigenvalue weighted by molar-refractivity contribution is 5.68. The third-order valence-corrected chi connectivity index (χ3v) is 7.09. The van der Waals surface area contributed by atoms with Gasteiger partial charge in [0.1, 0.15) is 5.60 Å². The minimum Gasteiger partial charge on any atom is -0.444 e. The van der Waals surface area contributed by atoms with Crippen LogP contribution in [0.3, 0.4) is 0 Å². The summed E-state index contributed by atoms with van der Waals surface area (Å²) in [5.74, 6) is -2.15. The standard InChI is InChI=1S/C23H35F2N3O3/c1-21(2,3)30-20(29)26-17-7-5-15(6-8-17)9-10-28-13-16-12-23(16,14-28)18-11-19(31-27-18)22(4,24)25/h11,15-17H,5-10,12-14H2,1-4H3,(H,26,29)/t15?,16-,17?,23-/m0/s1. The van der Waals surface area contributed by atoms with Crippen LogP contribution in [-0.2, 0) is 16.1 Å². The molecule has 8 heteroatoms. The monoisotopic (exact) mass is 439 g/mol. The maximum atomic E-state index is 13.5. The van der Waals surface area contributed by atoms with E-state index >= 15 is 0 Å². The van der Waals surface area contributed by atoms with Crippen LogP contribution in [0.15, 0.2) is 10.6 Å². The predicted octanol–water partition coefficient (Wildman–Crippen LogP) is 4.83. The Kier molecular flexibility index (Phi) is 5.82. The van der Waals surface area contributed by atoms with E-state index in [2.05, 4.69) is 15.4 Å². The summed E-state index contributed by atoms with van der Waals surface area (Å²) in [7, 11) is 0. The molecule has 1 aromatic rings. The number of piperidine rings is 1. The minimum absolute atomic E-state index is 0.0814. The molecular weight excluding hydrogens is 404 g/mol. The molecule has 1 aliphatic heterocycles. The second-order valence-electron chi connectivity index (χ2n) is 10.9. The third kappa shape index (κ3) is 5.21. The summed E-state index contributed by atoms with van der Waals surface area (Å²) >= 11 is 0. The lowest BCUT2D eigenvalue weighted by atomic mass is 9.84. The largest absolute Gasteiger partial charge is 0.444 e. The van der Waals surface area contributed by atoms with Crippen molar-refractivity contribution < 1.29 is 22.8 Å². The molecule has 0 spiro atoms. The van der Waals surface area contributed by atoms with Gasteiger partial charge < -0.3 is 19.5 Å². The van der Waals surface area contributed by atoms with Gasteiger partial charge in [-0.2, -0.15) is 8.78 Å². The first-order valence-electron chi connectivity index (χ1n) is 11.5. The zero-order valence-corrected chi connectivity index (χ0v) is 19.0. The minimum atomic E-state index is -2.98. The summed E-state index contributed by atoms with van der Waals surface area (Å²) in [6.07, 6.45) is 6.04. The van der Waals surface area contributed by atoms with Crippen molar-refractivity contribution in [1.29, 1.82) is 0 Å². The molecule has 0 bridgehead atoms. The van der Waals surface area contributed by atoms with Gasteiger partial charge in [0.25, 0.3) is 0 Å². The van der Waals surface area contributed by atoms with E-state index in [9.17, 15) is 13.6 Å². The van der Waals surface area contributed by atoms with E-state index in [0.717, 1.165) is 65.1 Å². The van der Waals surface area contributed by atoms with Crippen molar-refractivity contribution in [2.45, 2.75) is 89.2 Å². The van der Waals surface area contributed by atoms with E-state index in [1.807, 2.05) is 20.8 Å². The zero-order chi connectivity index (χ0) is 22.4. The lowest BCUT2D eigenvalue weighted by molar-refractivity contribution is -0.0106. The number of aromatic nitrogens is 1. The number of carbonyl (C=O) groups excluding carboxylic acids is 1. The van der Waals surface area contributed by atoms with E-state index in [1.165, 1.54) is 6.07 Å². The zero-order valence-electron chi connectivity index (χ0n) is 19.0. The number of fused-ring (bicyclic) bond motifs is 1. The molecule has 174 valence electrons. The number of hydrogen-bond donors (Lipinski definition) is 1. The van der Waals surface area contributed by atoms with Crippen LogP contribution in [0.1, 0.15) is 77.7 Å². The molecule has 1 saturated heterocycles. The number of ether oxygens (including phenoxy) is 1. The van der Waals surface area contributed by atoms with E-state index in [-0.39, 0.29) is 23.3 Å². The van der Waals surface area contributed by atoms with Crippen LogP contribution >= 0.6 is 0 Å². The molecule has 2 heterocycles. The molecule has 2 aliphatic carbocycles. The fourth-order valence-electron chi connectivity index (χ4n) is 5.31. The van der Waals surface area contributed by atoms with Gasteiger partial charge in [-0.15, -0.1) is 0 Å². The van der Waals surface area contributed by atoms with Crippen LogP contribution in [0.5, 0.6) is 0 Å². The second-order valence-corrected chi connectivity index (χ2v) is 10.9. The van der Waals surface area contributed by atoms with Crippen molar-refractivity contribution in [3.05, 3.63) is 17.5 Å². The van der Waals surface area contributed by atoms with Gasteiger partial charge in [-0.3, -0.25) is 0 Å². The topological polar surface area (TPSA) is 67.6 Å². The predicted molar refractivity (Wildman–Crippen MR) is 112 cm³/mol. The Morgan fingerprint density at radius 1 is 1.29 bits per heavy atom. The van der Waals surface area contributed by atoms with Crippen molar-refractivity contribution in [2.75, 3.05) is 19.6 Å². The maximum absolute atomic E-state index is 13.5. The average molecular weight is 440 g/mol. The summed E-state index contributed by atoms with van der Waals surface area (Å²) in [4.78, 5) is 14.4. The molecule has 1 N–H and O–H groups in total. The fraction of sp³-hybridized carbons (Fsp3) is 0.826.